The molecule has 0 heterocycles. The van der Waals surface area contributed by atoms with Gasteiger partial charge >= 0.3 is 5.97 Å². The van der Waals surface area contributed by atoms with E-state index in [-0.39, 0.29) is 6.04 Å². The molecule has 1 aliphatic rings. The average molecular weight is 171 g/mol. The highest BCUT2D eigenvalue weighted by molar-refractivity contribution is 5.73. The molecule has 1 saturated carbocycles. The van der Waals surface area contributed by atoms with E-state index in [1.165, 1.54) is 0 Å². The summed E-state index contributed by atoms with van der Waals surface area (Å²) in [7, 11) is 0. The van der Waals surface area contributed by atoms with Gasteiger partial charge in [-0.15, -0.1) is 0 Å². The molecule has 0 bridgehead atoms. The van der Waals surface area contributed by atoms with Gasteiger partial charge in [0, 0.05) is 6.04 Å². The molecule has 0 amide bonds. The first kappa shape index (κ1) is 9.52. The second-order valence-corrected chi connectivity index (χ2v) is 3.74. The maximum absolute atomic E-state index is 10.6. The lowest BCUT2D eigenvalue weighted by molar-refractivity contribution is -0.140. The van der Waals surface area contributed by atoms with E-state index in [4.69, 9.17) is 5.11 Å². The summed E-state index contributed by atoms with van der Waals surface area (Å²) in [6, 6.07) is 0.101. The summed E-state index contributed by atoms with van der Waals surface area (Å²) in [5.74, 6) is 0.0471. The van der Waals surface area contributed by atoms with E-state index in [1.807, 2.05) is 6.92 Å². The summed E-state index contributed by atoms with van der Waals surface area (Å²) in [5.41, 5.74) is 0. The predicted octanol–water partition coefficient (Wildman–Crippen LogP) is 1.24. The van der Waals surface area contributed by atoms with Crippen LogP contribution in [0.3, 0.4) is 0 Å². The first-order valence-electron chi connectivity index (χ1n) is 4.62. The number of aliphatic carboxylic acids is 1. The van der Waals surface area contributed by atoms with Crippen LogP contribution < -0.4 is 5.32 Å². The third-order valence-corrected chi connectivity index (χ3v) is 2.52. The summed E-state index contributed by atoms with van der Waals surface area (Å²) in [6.07, 6.45) is 2.92. The van der Waals surface area contributed by atoms with Crippen LogP contribution in [0.5, 0.6) is 0 Å². The van der Waals surface area contributed by atoms with Crippen molar-refractivity contribution < 1.29 is 9.90 Å². The molecule has 1 aliphatic carbocycles. The second kappa shape index (κ2) is 3.90. The van der Waals surface area contributed by atoms with E-state index < -0.39 is 5.97 Å². The summed E-state index contributed by atoms with van der Waals surface area (Å²) < 4.78 is 0. The van der Waals surface area contributed by atoms with Crippen LogP contribution in [-0.4, -0.2) is 23.2 Å². The fourth-order valence-electron chi connectivity index (χ4n) is 1.69. The molecular formula is C9H17NO2. The first-order chi connectivity index (χ1) is 5.63. The Labute approximate surface area is 73.2 Å². The first-order valence-corrected chi connectivity index (χ1v) is 4.62. The van der Waals surface area contributed by atoms with E-state index in [0.29, 0.717) is 12.5 Å². The molecule has 0 spiro atoms. The molecule has 3 nitrogen and oxygen atoms in total. The van der Waals surface area contributed by atoms with Crippen molar-refractivity contribution in [2.24, 2.45) is 5.92 Å². The number of rotatable bonds is 4. The minimum Gasteiger partial charge on any atom is -0.480 e. The molecule has 0 aliphatic heterocycles. The van der Waals surface area contributed by atoms with Gasteiger partial charge in [0.05, 0.1) is 0 Å². The van der Waals surface area contributed by atoms with Crippen molar-refractivity contribution in [2.45, 2.75) is 45.2 Å². The van der Waals surface area contributed by atoms with Gasteiger partial charge in [-0.25, -0.2) is 0 Å². The van der Waals surface area contributed by atoms with Gasteiger partial charge in [0.25, 0.3) is 0 Å². The number of carbonyl (C=O) groups is 1. The molecular weight excluding hydrogens is 154 g/mol. The van der Waals surface area contributed by atoms with Gasteiger partial charge in [-0.3, -0.25) is 4.79 Å². The Bertz CT molecular complexity index is 164. The highest BCUT2D eigenvalue weighted by Crippen LogP contribution is 2.26. The molecule has 2 N–H and O–H groups in total. The van der Waals surface area contributed by atoms with E-state index in [0.717, 1.165) is 18.8 Å². The zero-order valence-corrected chi connectivity index (χ0v) is 7.71. The highest BCUT2D eigenvalue weighted by Gasteiger charge is 2.28. The fraction of sp³-hybridized carbons (Fsp3) is 0.889. The second-order valence-electron chi connectivity index (χ2n) is 3.74. The Balaban J connectivity index is 2.24. The summed E-state index contributed by atoms with van der Waals surface area (Å²) in [4.78, 5) is 10.6. The van der Waals surface area contributed by atoms with Crippen LogP contribution in [0.2, 0.25) is 0 Å². The van der Waals surface area contributed by atoms with Gasteiger partial charge in [-0.2, -0.15) is 0 Å². The largest absolute Gasteiger partial charge is 0.480 e. The standard InChI is InChI=1S/C9H17NO2/c1-3-8(9(11)12)10-7-4-6(2)5-7/h6-8,10H,3-5H2,1-2H3,(H,11,12). The van der Waals surface area contributed by atoms with Crippen molar-refractivity contribution >= 4 is 5.97 Å². The van der Waals surface area contributed by atoms with E-state index >= 15 is 0 Å². The number of carboxylic acids is 1. The van der Waals surface area contributed by atoms with Gasteiger partial charge in [-0.05, 0) is 25.2 Å². The number of carboxylic acid groups (broad SMARTS) is 1. The highest BCUT2D eigenvalue weighted by atomic mass is 16.4. The molecule has 1 rings (SSSR count). The smallest absolute Gasteiger partial charge is 0.320 e. The topological polar surface area (TPSA) is 49.3 Å². The van der Waals surface area contributed by atoms with E-state index in [2.05, 4.69) is 12.2 Å². The minimum atomic E-state index is -0.725. The molecule has 3 heteroatoms. The maximum Gasteiger partial charge on any atom is 0.320 e. The third-order valence-electron chi connectivity index (χ3n) is 2.52. The SMILES string of the molecule is CCC(NC1CC(C)C1)C(=O)O. The van der Waals surface area contributed by atoms with Crippen LogP contribution in [0.25, 0.3) is 0 Å². The lowest BCUT2D eigenvalue weighted by Crippen LogP contribution is -2.48. The number of nitrogens with one attached hydrogen (secondary N) is 1. The van der Waals surface area contributed by atoms with Crippen molar-refractivity contribution in [1.29, 1.82) is 0 Å². The van der Waals surface area contributed by atoms with Gasteiger partial charge in [0.15, 0.2) is 0 Å². The van der Waals surface area contributed by atoms with Crippen LogP contribution in [0.1, 0.15) is 33.1 Å². The molecule has 1 unspecified atom stereocenters. The molecule has 0 saturated heterocycles. The Morgan fingerprint density at radius 1 is 1.67 bits per heavy atom. The fourth-order valence-corrected chi connectivity index (χ4v) is 1.69. The predicted molar refractivity (Wildman–Crippen MR) is 47.0 cm³/mol. The molecule has 0 aromatic heterocycles. The van der Waals surface area contributed by atoms with Crippen molar-refractivity contribution in [3.63, 3.8) is 0 Å². The summed E-state index contributed by atoms with van der Waals surface area (Å²) >= 11 is 0. The van der Waals surface area contributed by atoms with Crippen molar-refractivity contribution in [3.8, 4) is 0 Å². The molecule has 1 atom stereocenters. The normalized spacial score (nSPS) is 30.8. The average Bonchev–Trinajstić information content (AvgIpc) is 1.95. The Kier molecular flexibility index (Phi) is 3.09. The van der Waals surface area contributed by atoms with Gasteiger partial charge < -0.3 is 10.4 Å². The van der Waals surface area contributed by atoms with Gasteiger partial charge in [0.2, 0.25) is 0 Å². The maximum atomic E-state index is 10.6. The lowest BCUT2D eigenvalue weighted by atomic mass is 9.81. The Morgan fingerprint density at radius 2 is 2.25 bits per heavy atom. The lowest BCUT2D eigenvalue weighted by Gasteiger charge is -2.35. The molecule has 1 fully saturated rings. The molecule has 70 valence electrons. The number of hydrogen-bond acceptors (Lipinski definition) is 2. The Hall–Kier alpha value is -0.570. The molecule has 0 radical (unpaired) electrons. The minimum absolute atomic E-state index is 0.345. The van der Waals surface area contributed by atoms with Crippen LogP contribution in [0.4, 0.5) is 0 Å². The van der Waals surface area contributed by atoms with Crippen LogP contribution in [0.15, 0.2) is 0 Å². The monoisotopic (exact) mass is 171 g/mol. The van der Waals surface area contributed by atoms with Crippen LogP contribution in [0, 0.1) is 5.92 Å². The van der Waals surface area contributed by atoms with Gasteiger partial charge in [-0.1, -0.05) is 13.8 Å². The van der Waals surface area contributed by atoms with Crippen molar-refractivity contribution in [3.05, 3.63) is 0 Å². The zero-order chi connectivity index (χ0) is 9.14. The van der Waals surface area contributed by atoms with E-state index in [1.54, 1.807) is 0 Å². The molecule has 0 aromatic rings. The number of hydrogen-bond donors (Lipinski definition) is 2. The van der Waals surface area contributed by atoms with Crippen LogP contribution >= 0.6 is 0 Å². The van der Waals surface area contributed by atoms with Crippen molar-refractivity contribution in [1.82, 2.24) is 5.32 Å². The quantitative estimate of drug-likeness (QED) is 0.669. The third kappa shape index (κ3) is 2.21. The van der Waals surface area contributed by atoms with Gasteiger partial charge in [0.1, 0.15) is 6.04 Å². The Morgan fingerprint density at radius 3 is 2.58 bits per heavy atom. The zero-order valence-electron chi connectivity index (χ0n) is 7.71. The summed E-state index contributed by atoms with van der Waals surface area (Å²) in [6.45, 7) is 4.09. The molecule has 0 aromatic carbocycles. The van der Waals surface area contributed by atoms with Crippen LogP contribution in [-0.2, 0) is 4.79 Å². The van der Waals surface area contributed by atoms with E-state index in [9.17, 15) is 4.79 Å². The van der Waals surface area contributed by atoms with Crippen molar-refractivity contribution in [2.75, 3.05) is 0 Å². The summed E-state index contributed by atoms with van der Waals surface area (Å²) in [5, 5.41) is 11.9. The molecule has 12 heavy (non-hydrogen) atoms.